The molecule has 1 aromatic rings. The molecule has 8 heteroatoms. The Balaban J connectivity index is 0.00000225. The Hall–Kier alpha value is -1.18. The lowest BCUT2D eigenvalue weighted by Gasteiger charge is -2.43. The quantitative estimate of drug-likeness (QED) is 0.843. The number of hydrogen-bond donors (Lipinski definition) is 1. The summed E-state index contributed by atoms with van der Waals surface area (Å²) in [4.78, 5) is 2.36. The first-order chi connectivity index (χ1) is 11.5. The summed E-state index contributed by atoms with van der Waals surface area (Å²) in [5.74, 6) is 0.899. The minimum absolute atomic E-state index is 0. The van der Waals surface area contributed by atoms with E-state index in [4.69, 9.17) is 4.74 Å². The number of nitrogens with zero attached hydrogens (tertiary/aromatic N) is 1. The number of halogens is 4. The van der Waals surface area contributed by atoms with E-state index in [1.807, 2.05) is 0 Å². The third-order valence-electron chi connectivity index (χ3n) is 4.89. The van der Waals surface area contributed by atoms with Crippen LogP contribution in [0.5, 0.6) is 11.5 Å². The van der Waals surface area contributed by atoms with Gasteiger partial charge in [-0.25, -0.2) is 0 Å². The topological polar surface area (TPSA) is 33.7 Å². The molecule has 1 N–H and O–H groups in total. The monoisotopic (exact) mass is 380 g/mol. The summed E-state index contributed by atoms with van der Waals surface area (Å²) in [5.41, 5.74) is 0.797. The van der Waals surface area contributed by atoms with Gasteiger partial charge >= 0.3 is 6.36 Å². The molecule has 4 nitrogen and oxygen atoms in total. The van der Waals surface area contributed by atoms with Crippen molar-refractivity contribution in [3.63, 3.8) is 0 Å². The zero-order valence-electron chi connectivity index (χ0n) is 14.1. The Morgan fingerprint density at radius 2 is 1.88 bits per heavy atom. The number of piperazine rings is 1. The second-order valence-electron chi connectivity index (χ2n) is 6.37. The number of ether oxygens (including phenoxy) is 2. The van der Waals surface area contributed by atoms with Crippen LogP contribution in [-0.2, 0) is 0 Å². The highest BCUT2D eigenvalue weighted by Crippen LogP contribution is 2.45. The Bertz CT molecular complexity index is 561. The lowest BCUT2D eigenvalue weighted by molar-refractivity contribution is -0.274. The van der Waals surface area contributed by atoms with Crippen molar-refractivity contribution >= 4 is 12.4 Å². The molecule has 0 amide bonds. The molecule has 25 heavy (non-hydrogen) atoms. The molecule has 0 aromatic heterocycles. The first-order valence-corrected chi connectivity index (χ1v) is 8.36. The molecule has 0 spiro atoms. The maximum Gasteiger partial charge on any atom is 0.573 e. The summed E-state index contributed by atoms with van der Waals surface area (Å²) in [6.45, 7) is 3.55. The first-order valence-electron chi connectivity index (χ1n) is 8.36. The van der Waals surface area contributed by atoms with Crippen molar-refractivity contribution in [2.24, 2.45) is 5.92 Å². The van der Waals surface area contributed by atoms with E-state index >= 15 is 0 Å². The van der Waals surface area contributed by atoms with E-state index in [-0.39, 0.29) is 24.2 Å². The van der Waals surface area contributed by atoms with Crippen molar-refractivity contribution in [2.45, 2.75) is 31.7 Å². The van der Waals surface area contributed by atoms with E-state index < -0.39 is 6.36 Å². The van der Waals surface area contributed by atoms with Crippen molar-refractivity contribution in [1.29, 1.82) is 0 Å². The number of benzene rings is 1. The number of nitrogens with one attached hydrogen (secondary N) is 1. The summed E-state index contributed by atoms with van der Waals surface area (Å²) in [6.07, 6.45) is -1.31. The summed E-state index contributed by atoms with van der Waals surface area (Å²) in [6, 6.07) is 4.46. The summed E-state index contributed by atoms with van der Waals surface area (Å²) < 4.78 is 47.3. The maximum absolute atomic E-state index is 12.6. The predicted octanol–water partition coefficient (Wildman–Crippen LogP) is 3.76. The zero-order chi connectivity index (χ0) is 17.2. The van der Waals surface area contributed by atoms with Gasteiger partial charge in [0.1, 0.15) is 11.5 Å². The minimum atomic E-state index is -4.69. The number of rotatable bonds is 5. The third-order valence-corrected chi connectivity index (χ3v) is 4.89. The zero-order valence-corrected chi connectivity index (χ0v) is 15.0. The third kappa shape index (κ3) is 4.92. The molecule has 1 atom stereocenters. The summed E-state index contributed by atoms with van der Waals surface area (Å²) in [7, 11) is 1.55. The SMILES string of the molecule is COc1ccc(OC(F)(F)F)cc1[C@H](C1CCC1)N1CCNCC1.Cl. The minimum Gasteiger partial charge on any atom is -0.496 e. The van der Waals surface area contributed by atoms with Crippen LogP contribution in [0.4, 0.5) is 13.2 Å². The molecule has 1 aliphatic heterocycles. The lowest BCUT2D eigenvalue weighted by Crippen LogP contribution is -2.47. The van der Waals surface area contributed by atoms with Crippen LogP contribution in [0.2, 0.25) is 0 Å². The molecule has 2 aliphatic rings. The highest BCUT2D eigenvalue weighted by atomic mass is 35.5. The number of methoxy groups -OCH3 is 1. The van der Waals surface area contributed by atoms with E-state index in [9.17, 15) is 13.2 Å². The Kier molecular flexibility index (Phi) is 6.82. The maximum atomic E-state index is 12.6. The smallest absolute Gasteiger partial charge is 0.496 e. The van der Waals surface area contributed by atoms with Gasteiger partial charge in [-0.05, 0) is 37.0 Å². The van der Waals surface area contributed by atoms with E-state index in [0.29, 0.717) is 11.7 Å². The van der Waals surface area contributed by atoms with Gasteiger partial charge < -0.3 is 14.8 Å². The number of hydrogen-bond acceptors (Lipinski definition) is 4. The molecular formula is C17H24ClF3N2O2. The van der Waals surface area contributed by atoms with Crippen LogP contribution in [0, 0.1) is 5.92 Å². The van der Waals surface area contributed by atoms with Crippen LogP contribution >= 0.6 is 12.4 Å². The fourth-order valence-electron chi connectivity index (χ4n) is 3.61. The fourth-order valence-corrected chi connectivity index (χ4v) is 3.61. The van der Waals surface area contributed by atoms with Crippen LogP contribution in [0.15, 0.2) is 18.2 Å². The standard InChI is InChI=1S/C17H23F3N2O2.ClH/c1-23-15-6-5-13(24-17(18,19)20)11-14(15)16(12-3-2-4-12)22-9-7-21-8-10-22;/h5-6,11-12,16,21H,2-4,7-10H2,1H3;1H/t16-;/m0./s1. The molecule has 0 radical (unpaired) electrons. The second kappa shape index (κ2) is 8.47. The fraction of sp³-hybridized carbons (Fsp3) is 0.647. The Morgan fingerprint density at radius 3 is 2.40 bits per heavy atom. The van der Waals surface area contributed by atoms with Crippen molar-refractivity contribution in [3.8, 4) is 11.5 Å². The van der Waals surface area contributed by atoms with E-state index in [1.165, 1.54) is 18.6 Å². The van der Waals surface area contributed by atoms with Crippen molar-refractivity contribution in [1.82, 2.24) is 10.2 Å². The average Bonchev–Trinajstić information content (AvgIpc) is 2.50. The second-order valence-corrected chi connectivity index (χ2v) is 6.37. The molecule has 1 aromatic carbocycles. The molecular weight excluding hydrogens is 357 g/mol. The van der Waals surface area contributed by atoms with Gasteiger partial charge in [0.2, 0.25) is 0 Å². The highest BCUT2D eigenvalue weighted by molar-refractivity contribution is 5.85. The molecule has 3 rings (SSSR count). The van der Waals surface area contributed by atoms with Crippen molar-refractivity contribution < 1.29 is 22.6 Å². The van der Waals surface area contributed by atoms with Gasteiger partial charge in [-0.3, -0.25) is 4.90 Å². The average molecular weight is 381 g/mol. The first kappa shape index (κ1) is 20.1. The number of alkyl halides is 3. The molecule has 2 fully saturated rings. The summed E-state index contributed by atoms with van der Waals surface area (Å²) >= 11 is 0. The van der Waals surface area contributed by atoms with Gasteiger partial charge in [0.15, 0.2) is 0 Å². The molecule has 142 valence electrons. The van der Waals surface area contributed by atoms with Crippen molar-refractivity contribution in [2.75, 3.05) is 33.3 Å². The Morgan fingerprint density at radius 1 is 1.20 bits per heavy atom. The van der Waals surface area contributed by atoms with E-state index in [1.54, 1.807) is 13.2 Å². The van der Waals surface area contributed by atoms with Crippen LogP contribution in [0.25, 0.3) is 0 Å². The van der Waals surface area contributed by atoms with E-state index in [0.717, 1.165) is 44.6 Å². The molecule has 1 saturated carbocycles. The normalized spacial score (nSPS) is 20.3. The largest absolute Gasteiger partial charge is 0.573 e. The molecule has 1 heterocycles. The molecule has 1 aliphatic carbocycles. The van der Waals surface area contributed by atoms with Crippen LogP contribution in [0.1, 0.15) is 30.9 Å². The summed E-state index contributed by atoms with van der Waals surface area (Å²) in [5, 5.41) is 3.32. The van der Waals surface area contributed by atoms with Crippen LogP contribution in [0.3, 0.4) is 0 Å². The lowest BCUT2D eigenvalue weighted by atomic mass is 9.76. The van der Waals surface area contributed by atoms with Crippen LogP contribution < -0.4 is 14.8 Å². The molecule has 0 bridgehead atoms. The van der Waals surface area contributed by atoms with Crippen LogP contribution in [-0.4, -0.2) is 44.6 Å². The predicted molar refractivity (Wildman–Crippen MR) is 91.4 cm³/mol. The Labute approximate surface area is 152 Å². The molecule has 1 saturated heterocycles. The van der Waals surface area contributed by atoms with Gasteiger partial charge in [0, 0.05) is 37.8 Å². The van der Waals surface area contributed by atoms with Gasteiger partial charge in [-0.15, -0.1) is 25.6 Å². The van der Waals surface area contributed by atoms with Gasteiger partial charge in [0.05, 0.1) is 7.11 Å². The molecule has 0 unspecified atom stereocenters. The van der Waals surface area contributed by atoms with Crippen molar-refractivity contribution in [3.05, 3.63) is 23.8 Å². The van der Waals surface area contributed by atoms with E-state index in [2.05, 4.69) is 15.0 Å². The highest BCUT2D eigenvalue weighted by Gasteiger charge is 2.36. The van der Waals surface area contributed by atoms with Gasteiger partial charge in [-0.2, -0.15) is 0 Å². The van der Waals surface area contributed by atoms with Gasteiger partial charge in [0.25, 0.3) is 0 Å². The van der Waals surface area contributed by atoms with Gasteiger partial charge in [-0.1, -0.05) is 6.42 Å².